The van der Waals surface area contributed by atoms with Crippen LogP contribution in [0.1, 0.15) is 0 Å². The first-order chi connectivity index (χ1) is 9.79. The number of rotatable bonds is 3. The van der Waals surface area contributed by atoms with Crippen LogP contribution < -0.4 is 20.1 Å². The van der Waals surface area contributed by atoms with Crippen LogP contribution in [0.15, 0.2) is 24.4 Å². The highest BCUT2D eigenvalue weighted by atomic mass is 19.1. The summed E-state index contributed by atoms with van der Waals surface area (Å²) >= 11 is 0. The SMILES string of the molecule is COc1cc(N2CCOCC2)c(F)cc1N1CC=CN1. The molecular formula is C14H18FN3O2. The Morgan fingerprint density at radius 2 is 2.05 bits per heavy atom. The molecule has 108 valence electrons. The molecule has 1 N–H and O–H groups in total. The molecule has 0 amide bonds. The average Bonchev–Trinajstić information content (AvgIpc) is 3.02. The number of hydrazine groups is 1. The second-order valence-corrected chi connectivity index (χ2v) is 4.72. The van der Waals surface area contributed by atoms with E-state index in [0.29, 0.717) is 50.0 Å². The number of halogens is 1. The van der Waals surface area contributed by atoms with Gasteiger partial charge in [-0.25, -0.2) is 4.39 Å². The maximum absolute atomic E-state index is 14.4. The molecule has 6 heteroatoms. The van der Waals surface area contributed by atoms with E-state index in [1.165, 1.54) is 6.07 Å². The van der Waals surface area contributed by atoms with E-state index in [4.69, 9.17) is 9.47 Å². The Bertz CT molecular complexity index is 507. The molecule has 3 rings (SSSR count). The van der Waals surface area contributed by atoms with Crippen LogP contribution in [-0.2, 0) is 4.74 Å². The minimum Gasteiger partial charge on any atom is -0.494 e. The first-order valence-corrected chi connectivity index (χ1v) is 6.68. The van der Waals surface area contributed by atoms with E-state index in [2.05, 4.69) is 5.43 Å². The molecule has 0 atom stereocenters. The van der Waals surface area contributed by atoms with Crippen molar-refractivity contribution in [2.75, 3.05) is 49.9 Å². The number of nitrogens with one attached hydrogen (secondary N) is 1. The monoisotopic (exact) mass is 279 g/mol. The van der Waals surface area contributed by atoms with Crippen LogP contribution in [0.5, 0.6) is 5.75 Å². The van der Waals surface area contributed by atoms with Gasteiger partial charge in [-0.15, -0.1) is 0 Å². The van der Waals surface area contributed by atoms with E-state index in [1.807, 2.05) is 22.2 Å². The molecule has 0 radical (unpaired) electrons. The third kappa shape index (κ3) is 2.38. The van der Waals surface area contributed by atoms with Gasteiger partial charge in [-0.3, -0.25) is 5.01 Å². The highest BCUT2D eigenvalue weighted by Gasteiger charge is 2.21. The molecule has 0 aromatic heterocycles. The zero-order chi connectivity index (χ0) is 13.9. The van der Waals surface area contributed by atoms with Gasteiger partial charge < -0.3 is 19.8 Å². The summed E-state index contributed by atoms with van der Waals surface area (Å²) in [6.07, 6.45) is 3.79. The quantitative estimate of drug-likeness (QED) is 0.907. The summed E-state index contributed by atoms with van der Waals surface area (Å²) in [6, 6.07) is 3.28. The van der Waals surface area contributed by atoms with Gasteiger partial charge in [0.2, 0.25) is 0 Å². The first kappa shape index (κ1) is 13.1. The summed E-state index contributed by atoms with van der Waals surface area (Å²) in [5.41, 5.74) is 4.32. The molecule has 2 aliphatic heterocycles. The lowest BCUT2D eigenvalue weighted by Crippen LogP contribution is -2.37. The summed E-state index contributed by atoms with van der Waals surface area (Å²) in [6.45, 7) is 3.33. The van der Waals surface area contributed by atoms with E-state index in [9.17, 15) is 4.39 Å². The zero-order valence-corrected chi connectivity index (χ0v) is 11.4. The van der Waals surface area contributed by atoms with Gasteiger partial charge in [-0.1, -0.05) is 0 Å². The van der Waals surface area contributed by atoms with Crippen LogP contribution in [0.4, 0.5) is 15.8 Å². The van der Waals surface area contributed by atoms with Crippen molar-refractivity contribution >= 4 is 11.4 Å². The van der Waals surface area contributed by atoms with Crippen LogP contribution in [0.2, 0.25) is 0 Å². The van der Waals surface area contributed by atoms with Crippen LogP contribution in [-0.4, -0.2) is 40.0 Å². The molecule has 0 unspecified atom stereocenters. The normalized spacial score (nSPS) is 18.3. The molecule has 1 aromatic carbocycles. The fourth-order valence-electron chi connectivity index (χ4n) is 2.47. The summed E-state index contributed by atoms with van der Waals surface area (Å²) in [5.74, 6) is 0.417. The molecule has 0 spiro atoms. The first-order valence-electron chi connectivity index (χ1n) is 6.68. The van der Waals surface area contributed by atoms with Gasteiger partial charge in [0.1, 0.15) is 17.3 Å². The Kier molecular flexibility index (Phi) is 3.64. The lowest BCUT2D eigenvalue weighted by atomic mass is 10.2. The lowest BCUT2D eigenvalue weighted by molar-refractivity contribution is 0.122. The van der Waals surface area contributed by atoms with E-state index in [-0.39, 0.29) is 5.82 Å². The van der Waals surface area contributed by atoms with Gasteiger partial charge in [0.15, 0.2) is 0 Å². The number of hydrogen-bond acceptors (Lipinski definition) is 5. The smallest absolute Gasteiger partial charge is 0.148 e. The molecule has 0 aliphatic carbocycles. The number of benzene rings is 1. The number of methoxy groups -OCH3 is 1. The summed E-state index contributed by atoms with van der Waals surface area (Å²) in [7, 11) is 1.60. The lowest BCUT2D eigenvalue weighted by Gasteiger charge is -2.30. The van der Waals surface area contributed by atoms with Crippen molar-refractivity contribution in [3.8, 4) is 5.75 Å². The highest BCUT2D eigenvalue weighted by Crippen LogP contribution is 2.35. The minimum atomic E-state index is -0.239. The third-order valence-corrected chi connectivity index (χ3v) is 3.53. The van der Waals surface area contributed by atoms with Crippen molar-refractivity contribution < 1.29 is 13.9 Å². The van der Waals surface area contributed by atoms with E-state index in [1.54, 1.807) is 13.2 Å². The van der Waals surface area contributed by atoms with Gasteiger partial charge in [0.25, 0.3) is 0 Å². The minimum absolute atomic E-state index is 0.239. The van der Waals surface area contributed by atoms with Crippen molar-refractivity contribution in [3.05, 3.63) is 30.2 Å². The number of morpholine rings is 1. The van der Waals surface area contributed by atoms with E-state index in [0.717, 1.165) is 0 Å². The Morgan fingerprint density at radius 3 is 2.70 bits per heavy atom. The summed E-state index contributed by atoms with van der Waals surface area (Å²) in [5, 5.41) is 1.84. The Hall–Kier alpha value is -1.95. The number of nitrogens with zero attached hydrogens (tertiary/aromatic N) is 2. The summed E-state index contributed by atoms with van der Waals surface area (Å²) in [4.78, 5) is 1.99. The topological polar surface area (TPSA) is 37.0 Å². The van der Waals surface area contributed by atoms with E-state index < -0.39 is 0 Å². The highest BCUT2D eigenvalue weighted by molar-refractivity contribution is 5.67. The second kappa shape index (κ2) is 5.58. The number of anilines is 2. The van der Waals surface area contributed by atoms with Crippen molar-refractivity contribution in [2.45, 2.75) is 0 Å². The van der Waals surface area contributed by atoms with Crippen molar-refractivity contribution in [3.63, 3.8) is 0 Å². The van der Waals surface area contributed by atoms with Gasteiger partial charge in [-0.2, -0.15) is 0 Å². The van der Waals surface area contributed by atoms with Crippen molar-refractivity contribution in [2.24, 2.45) is 0 Å². The molecular weight excluding hydrogens is 261 g/mol. The number of ether oxygens (including phenoxy) is 2. The van der Waals surface area contributed by atoms with Crippen molar-refractivity contribution in [1.82, 2.24) is 5.43 Å². The molecule has 5 nitrogen and oxygen atoms in total. The van der Waals surface area contributed by atoms with Gasteiger partial charge >= 0.3 is 0 Å². The number of hydrogen-bond donors (Lipinski definition) is 1. The molecule has 2 heterocycles. The predicted molar refractivity (Wildman–Crippen MR) is 75.6 cm³/mol. The van der Waals surface area contributed by atoms with E-state index >= 15 is 0 Å². The molecule has 20 heavy (non-hydrogen) atoms. The molecule has 0 saturated carbocycles. The molecule has 1 fully saturated rings. The molecule has 1 saturated heterocycles. The molecule has 0 bridgehead atoms. The van der Waals surface area contributed by atoms with Crippen LogP contribution >= 0.6 is 0 Å². The van der Waals surface area contributed by atoms with Gasteiger partial charge in [-0.05, 0) is 6.08 Å². The van der Waals surface area contributed by atoms with Gasteiger partial charge in [0.05, 0.1) is 32.6 Å². The predicted octanol–water partition coefficient (Wildman–Crippen LogP) is 1.51. The van der Waals surface area contributed by atoms with Gasteiger partial charge in [0, 0.05) is 31.4 Å². The fourth-order valence-corrected chi connectivity index (χ4v) is 2.47. The summed E-state index contributed by atoms with van der Waals surface area (Å²) < 4.78 is 25.1. The van der Waals surface area contributed by atoms with Crippen LogP contribution in [0.3, 0.4) is 0 Å². The Morgan fingerprint density at radius 1 is 1.25 bits per heavy atom. The molecule has 2 aliphatic rings. The Labute approximate surface area is 117 Å². The average molecular weight is 279 g/mol. The fraction of sp³-hybridized carbons (Fsp3) is 0.429. The molecule has 1 aromatic rings. The van der Waals surface area contributed by atoms with Crippen LogP contribution in [0, 0.1) is 5.82 Å². The van der Waals surface area contributed by atoms with Crippen molar-refractivity contribution in [1.29, 1.82) is 0 Å². The Balaban J connectivity index is 1.92. The zero-order valence-electron chi connectivity index (χ0n) is 11.4. The maximum Gasteiger partial charge on any atom is 0.148 e. The van der Waals surface area contributed by atoms with Crippen LogP contribution in [0.25, 0.3) is 0 Å². The maximum atomic E-state index is 14.4. The third-order valence-electron chi connectivity index (χ3n) is 3.53. The largest absolute Gasteiger partial charge is 0.494 e. The second-order valence-electron chi connectivity index (χ2n) is 4.72. The standard InChI is InChI=1S/C14H18FN3O2/c1-19-14-10-12(17-5-7-20-8-6-17)11(15)9-13(14)18-4-2-3-16-18/h2-3,9-10,16H,4-8H2,1H3.